The van der Waals surface area contributed by atoms with Crippen LogP contribution in [0.15, 0.2) is 53.9 Å². The van der Waals surface area contributed by atoms with E-state index in [-0.39, 0.29) is 44.1 Å². The molecule has 2 saturated carbocycles. The molecule has 3 aliphatic heterocycles. The third kappa shape index (κ3) is 9.67. The fourth-order valence-corrected chi connectivity index (χ4v) is 10.3. The summed E-state index contributed by atoms with van der Waals surface area (Å²) in [6, 6.07) is 6.40. The van der Waals surface area contributed by atoms with Crippen LogP contribution in [0.2, 0.25) is 5.02 Å². The van der Waals surface area contributed by atoms with Gasteiger partial charge in [0.25, 0.3) is 15.9 Å². The number of hydrogen-bond donors (Lipinski definition) is 4. The molecule has 0 aromatic heterocycles. The quantitative estimate of drug-likeness (QED) is 0.293. The molecule has 0 radical (unpaired) electrons. The zero-order valence-electron chi connectivity index (χ0n) is 33.4. The van der Waals surface area contributed by atoms with Crippen molar-refractivity contribution in [2.45, 2.75) is 125 Å². The highest BCUT2D eigenvalue weighted by Crippen LogP contribution is 2.45. The van der Waals surface area contributed by atoms with Crippen LogP contribution < -0.4 is 20.7 Å². The van der Waals surface area contributed by atoms with Crippen molar-refractivity contribution >= 4 is 57.2 Å². The Kier molecular flexibility index (Phi) is 13.2. The van der Waals surface area contributed by atoms with E-state index >= 15 is 0 Å². The first-order chi connectivity index (χ1) is 28.8. The van der Waals surface area contributed by atoms with Crippen molar-refractivity contribution < 1.29 is 46.3 Å². The lowest BCUT2D eigenvalue weighted by atomic mass is 10.0. The van der Waals surface area contributed by atoms with Crippen LogP contribution in [0.4, 0.5) is 19.7 Å². The van der Waals surface area contributed by atoms with Gasteiger partial charge in [-0.3, -0.25) is 14.4 Å². The van der Waals surface area contributed by atoms with Crippen LogP contribution in [-0.2, 0) is 46.8 Å². The minimum absolute atomic E-state index is 0.00683. The summed E-state index contributed by atoms with van der Waals surface area (Å²) < 4.78 is 55.6. The van der Waals surface area contributed by atoms with E-state index in [2.05, 4.69) is 22.5 Å². The SMILES string of the molecule is C=C[C@@H]1C[C@@]12NC(=O)[C@@H]1C[C@@H](OC(=O)N3CCc4cccc(Cl)c4C3)CN1C(=O)[C@@H](NC(=O)OC1CCCC1)CCCCCCCNc1ccc(F)cc1S(=O)(=O)NC2=O. The molecule has 5 aliphatic rings. The molecule has 3 fully saturated rings. The van der Waals surface area contributed by atoms with Gasteiger partial charge in [-0.1, -0.05) is 55.5 Å². The fourth-order valence-electron chi connectivity index (χ4n) is 8.78. The molecule has 0 bridgehead atoms. The maximum Gasteiger partial charge on any atom is 0.410 e. The summed E-state index contributed by atoms with van der Waals surface area (Å²) in [6.07, 6.45) is 6.11. The van der Waals surface area contributed by atoms with Crippen molar-refractivity contribution in [3.05, 3.63) is 71.0 Å². The average molecular weight is 871 g/mol. The predicted molar refractivity (Wildman–Crippen MR) is 219 cm³/mol. The second-order valence-corrected chi connectivity index (χ2v) is 18.4. The molecule has 3 heterocycles. The molecule has 0 unspecified atom stereocenters. The highest BCUT2D eigenvalue weighted by Gasteiger charge is 2.61. The third-order valence-electron chi connectivity index (χ3n) is 12.3. The highest BCUT2D eigenvalue weighted by molar-refractivity contribution is 7.90. The molecule has 2 aromatic rings. The number of sulfonamides is 1. The van der Waals surface area contributed by atoms with Crippen molar-refractivity contribution in [2.75, 3.05) is 25.0 Å². The lowest BCUT2D eigenvalue weighted by Gasteiger charge is -2.30. The molecule has 5 atom stereocenters. The lowest BCUT2D eigenvalue weighted by Crippen LogP contribution is -2.58. The molecule has 2 aromatic carbocycles. The number of fused-ring (bicyclic) bond motifs is 3. The molecule has 4 N–H and O–H groups in total. The number of hydrogen-bond acceptors (Lipinski definition) is 10. The van der Waals surface area contributed by atoms with Crippen LogP contribution in [0.25, 0.3) is 0 Å². The number of amides is 5. The standard InChI is InChI=1S/C42H52ClFN6O9S/c1-2-27-23-42(27)39(53)48-60(56,57)36-21-28(44)16-17-33(36)45-19-9-5-3-4-6-15-34(46-40(54)58-29-12-7-8-13-29)38(52)50-24-30(22-35(50)37(51)47-42)59-41(55)49-20-18-26-11-10-14-32(43)31(26)25-49/h2,10-11,14,16-17,21,27,29-30,34-35,45H,1,3-9,12-13,15,18-20,22-25H2,(H,46,54)(H,47,51)(H,48,53)/t27-,30-,34+,35+,42-/m1/s1. The van der Waals surface area contributed by atoms with Crippen LogP contribution in [0, 0.1) is 11.7 Å². The lowest BCUT2D eigenvalue weighted by molar-refractivity contribution is -0.141. The highest BCUT2D eigenvalue weighted by atomic mass is 35.5. The van der Waals surface area contributed by atoms with E-state index in [1.165, 1.54) is 21.9 Å². The molecule has 324 valence electrons. The summed E-state index contributed by atoms with van der Waals surface area (Å²) in [5.41, 5.74) is 0.159. The summed E-state index contributed by atoms with van der Waals surface area (Å²) in [7, 11) is -4.67. The number of anilines is 1. The van der Waals surface area contributed by atoms with Crippen molar-refractivity contribution in [1.82, 2.24) is 25.2 Å². The molecule has 60 heavy (non-hydrogen) atoms. The molecule has 1 spiro atoms. The number of nitrogens with zero attached hydrogens (tertiary/aromatic N) is 2. The molecule has 15 nitrogen and oxygen atoms in total. The van der Waals surface area contributed by atoms with E-state index in [1.807, 2.05) is 16.9 Å². The van der Waals surface area contributed by atoms with Gasteiger partial charge >= 0.3 is 12.2 Å². The molecule has 1 saturated heterocycles. The number of carbonyl (C=O) groups excluding carboxylic acids is 5. The zero-order chi connectivity index (χ0) is 42.6. The van der Waals surface area contributed by atoms with Gasteiger partial charge in [0.05, 0.1) is 18.8 Å². The van der Waals surface area contributed by atoms with Crippen molar-refractivity contribution in [1.29, 1.82) is 0 Å². The number of carbonyl (C=O) groups is 5. The number of alkyl carbamates (subject to hydrolysis) is 1. The number of ether oxygens (including phenoxy) is 2. The number of halogens is 2. The Morgan fingerprint density at radius 3 is 2.50 bits per heavy atom. The second-order valence-electron chi connectivity index (χ2n) is 16.4. The van der Waals surface area contributed by atoms with Crippen LogP contribution in [-0.4, -0.2) is 97.6 Å². The van der Waals surface area contributed by atoms with E-state index in [9.17, 15) is 36.8 Å². The molecule has 7 rings (SSSR count). The maximum absolute atomic E-state index is 14.6. The van der Waals surface area contributed by atoms with Gasteiger partial charge in [0.1, 0.15) is 40.5 Å². The van der Waals surface area contributed by atoms with Gasteiger partial charge in [-0.25, -0.2) is 27.1 Å². The van der Waals surface area contributed by atoms with Crippen molar-refractivity contribution in [2.24, 2.45) is 5.92 Å². The van der Waals surface area contributed by atoms with E-state index in [1.54, 1.807) is 6.07 Å². The van der Waals surface area contributed by atoms with Crippen molar-refractivity contribution in [3.63, 3.8) is 0 Å². The van der Waals surface area contributed by atoms with E-state index in [0.29, 0.717) is 43.8 Å². The normalized spacial score (nSPS) is 27.6. The fraction of sp³-hybridized carbons (Fsp3) is 0.548. The first-order valence-electron chi connectivity index (χ1n) is 20.8. The predicted octanol–water partition coefficient (Wildman–Crippen LogP) is 5.31. The number of benzene rings is 2. The minimum Gasteiger partial charge on any atom is -0.446 e. The third-order valence-corrected chi connectivity index (χ3v) is 14.0. The molecule has 2 aliphatic carbocycles. The Balaban J connectivity index is 1.16. The van der Waals surface area contributed by atoms with Crippen molar-refractivity contribution in [3.8, 4) is 0 Å². The molecule has 5 amide bonds. The van der Waals surface area contributed by atoms with Gasteiger partial charge in [-0.2, -0.15) is 0 Å². The topological polar surface area (TPSA) is 193 Å². The minimum atomic E-state index is -4.67. The molecular weight excluding hydrogens is 819 g/mol. The smallest absolute Gasteiger partial charge is 0.410 e. The summed E-state index contributed by atoms with van der Waals surface area (Å²) >= 11 is 6.46. The van der Waals surface area contributed by atoms with Gasteiger partial charge in [-0.15, -0.1) is 6.58 Å². The van der Waals surface area contributed by atoms with Gasteiger partial charge in [0.15, 0.2) is 0 Å². The Labute approximate surface area is 354 Å². The monoisotopic (exact) mass is 870 g/mol. The van der Waals surface area contributed by atoms with Crippen LogP contribution in [0.3, 0.4) is 0 Å². The average Bonchev–Trinajstić information content (AvgIpc) is 3.46. The Morgan fingerprint density at radius 1 is 0.983 bits per heavy atom. The maximum atomic E-state index is 14.6. The van der Waals surface area contributed by atoms with Gasteiger partial charge < -0.3 is 35.2 Å². The zero-order valence-corrected chi connectivity index (χ0v) is 35.0. The van der Waals surface area contributed by atoms with Gasteiger partial charge in [0.2, 0.25) is 11.8 Å². The Morgan fingerprint density at radius 2 is 1.73 bits per heavy atom. The van der Waals surface area contributed by atoms with E-state index in [0.717, 1.165) is 61.8 Å². The molecular formula is C42H52ClFN6O9S. The summed E-state index contributed by atoms with van der Waals surface area (Å²) in [5.74, 6) is -3.97. The second kappa shape index (κ2) is 18.4. The number of rotatable bonds is 4. The van der Waals surface area contributed by atoms with Crippen LogP contribution >= 0.6 is 11.6 Å². The largest absolute Gasteiger partial charge is 0.446 e. The number of nitrogens with one attached hydrogen (secondary N) is 4. The molecule has 18 heteroatoms. The summed E-state index contributed by atoms with van der Waals surface area (Å²) in [4.78, 5) is 72.2. The Hall–Kier alpha value is -4.90. The van der Waals surface area contributed by atoms with Gasteiger partial charge in [-0.05, 0) is 86.8 Å². The Bertz CT molecular complexity index is 2120. The summed E-state index contributed by atoms with van der Waals surface area (Å²) in [5, 5.41) is 9.04. The first kappa shape index (κ1) is 43.2. The van der Waals surface area contributed by atoms with Crippen LogP contribution in [0.1, 0.15) is 88.2 Å². The van der Waals surface area contributed by atoms with E-state index < -0.39 is 80.3 Å². The first-order valence-corrected chi connectivity index (χ1v) is 22.7. The van der Waals surface area contributed by atoms with Crippen LogP contribution in [0.5, 0.6) is 0 Å². The van der Waals surface area contributed by atoms with E-state index in [4.69, 9.17) is 21.1 Å². The van der Waals surface area contributed by atoms with Gasteiger partial charge in [0, 0.05) is 30.5 Å². The summed E-state index contributed by atoms with van der Waals surface area (Å²) in [6.45, 7) is 4.49.